The van der Waals surface area contributed by atoms with Gasteiger partial charge in [-0.25, -0.2) is 0 Å². The summed E-state index contributed by atoms with van der Waals surface area (Å²) in [5.74, 6) is 0.752. The molecule has 1 rings (SSSR count). The highest BCUT2D eigenvalue weighted by Gasteiger charge is 2.14. The second-order valence-corrected chi connectivity index (χ2v) is 6.49. The molecule has 7 nitrogen and oxygen atoms in total. The van der Waals surface area contributed by atoms with Crippen molar-refractivity contribution >= 4 is 11.9 Å². The minimum absolute atomic E-state index is 0.0441. The van der Waals surface area contributed by atoms with Gasteiger partial charge in [-0.15, -0.1) is 0 Å². The van der Waals surface area contributed by atoms with Gasteiger partial charge in [0.05, 0.1) is 5.69 Å². The molecule has 7 heteroatoms. The molecule has 1 atom stereocenters. The maximum Gasteiger partial charge on any atom is 0.221 e. The van der Waals surface area contributed by atoms with E-state index in [-0.39, 0.29) is 18.0 Å². The summed E-state index contributed by atoms with van der Waals surface area (Å²) >= 11 is 0. The van der Waals surface area contributed by atoms with Crippen molar-refractivity contribution in [3.63, 3.8) is 0 Å². The molecule has 1 amide bonds. The Kier molecular flexibility index (Phi) is 7.74. The van der Waals surface area contributed by atoms with Gasteiger partial charge in [0.1, 0.15) is 0 Å². The molecule has 24 heavy (non-hydrogen) atoms. The van der Waals surface area contributed by atoms with E-state index in [0.29, 0.717) is 18.9 Å². The number of guanidine groups is 1. The van der Waals surface area contributed by atoms with Crippen molar-refractivity contribution in [1.82, 2.24) is 25.7 Å². The second-order valence-electron chi connectivity index (χ2n) is 6.49. The molecule has 0 aromatic carbocycles. The lowest BCUT2D eigenvalue weighted by molar-refractivity contribution is -0.121. The third-order valence-electron chi connectivity index (χ3n) is 3.87. The summed E-state index contributed by atoms with van der Waals surface area (Å²) in [7, 11) is 3.70. The van der Waals surface area contributed by atoms with Crippen LogP contribution >= 0.6 is 0 Å². The highest BCUT2D eigenvalue weighted by Crippen LogP contribution is 2.14. The Morgan fingerprint density at radius 3 is 2.42 bits per heavy atom. The molecular weight excluding hydrogens is 304 g/mol. The maximum absolute atomic E-state index is 11.6. The molecule has 0 aliphatic rings. The zero-order chi connectivity index (χ0) is 18.3. The molecule has 1 aromatic rings. The van der Waals surface area contributed by atoms with E-state index < -0.39 is 0 Å². The molecule has 0 radical (unpaired) electrons. The fourth-order valence-electron chi connectivity index (χ4n) is 2.59. The highest BCUT2D eigenvalue weighted by atomic mass is 16.1. The van der Waals surface area contributed by atoms with Gasteiger partial charge in [-0.05, 0) is 46.6 Å². The van der Waals surface area contributed by atoms with Crippen LogP contribution in [0.2, 0.25) is 0 Å². The molecule has 0 aliphatic heterocycles. The number of carbonyl (C=O) groups is 1. The van der Waals surface area contributed by atoms with Crippen molar-refractivity contribution in [3.05, 3.63) is 17.0 Å². The lowest BCUT2D eigenvalue weighted by atomic mass is 10.1. The van der Waals surface area contributed by atoms with Crippen LogP contribution in [0.3, 0.4) is 0 Å². The number of carbonyl (C=O) groups excluding carboxylic acids is 1. The molecule has 136 valence electrons. The first-order chi connectivity index (χ1) is 11.2. The number of aliphatic imine (C=N–C) groups is 1. The first-order valence-electron chi connectivity index (χ1n) is 8.50. The van der Waals surface area contributed by atoms with E-state index in [4.69, 9.17) is 0 Å². The van der Waals surface area contributed by atoms with Gasteiger partial charge >= 0.3 is 0 Å². The first-order valence-corrected chi connectivity index (χ1v) is 8.50. The van der Waals surface area contributed by atoms with Gasteiger partial charge < -0.3 is 16.0 Å². The van der Waals surface area contributed by atoms with Crippen molar-refractivity contribution in [2.75, 3.05) is 13.6 Å². The summed E-state index contributed by atoms with van der Waals surface area (Å²) in [5, 5.41) is 13.9. The summed E-state index contributed by atoms with van der Waals surface area (Å²) in [4.78, 5) is 15.9. The Labute approximate surface area is 145 Å². The summed E-state index contributed by atoms with van der Waals surface area (Å²) in [6, 6.07) is 0.378. The molecule has 1 unspecified atom stereocenters. The zero-order valence-electron chi connectivity index (χ0n) is 16.0. The van der Waals surface area contributed by atoms with Crippen LogP contribution in [0.15, 0.2) is 4.99 Å². The molecule has 0 spiro atoms. The predicted molar refractivity (Wildman–Crippen MR) is 98.2 cm³/mol. The van der Waals surface area contributed by atoms with Crippen LogP contribution in [0.25, 0.3) is 0 Å². The lowest BCUT2D eigenvalue weighted by Crippen LogP contribution is -2.44. The normalized spacial score (nSPS) is 13.1. The number of hydrogen-bond acceptors (Lipinski definition) is 3. The standard InChI is InChI=1S/C17H32N6O/c1-11(2)20-16(24)8-9-19-17(18-6)21-12(3)10-15-13(4)22-23(7)14(15)5/h11-12H,8-10H2,1-7H3,(H,20,24)(H2,18,19,21). The van der Waals surface area contributed by atoms with Crippen LogP contribution in [-0.4, -0.2) is 47.3 Å². The number of nitrogens with zero attached hydrogens (tertiary/aromatic N) is 3. The van der Waals surface area contributed by atoms with Crippen LogP contribution in [0.4, 0.5) is 0 Å². The van der Waals surface area contributed by atoms with E-state index in [2.05, 4.69) is 39.9 Å². The van der Waals surface area contributed by atoms with Crippen LogP contribution < -0.4 is 16.0 Å². The van der Waals surface area contributed by atoms with Crippen molar-refractivity contribution in [3.8, 4) is 0 Å². The smallest absolute Gasteiger partial charge is 0.221 e. The van der Waals surface area contributed by atoms with E-state index in [1.165, 1.54) is 11.3 Å². The number of nitrogens with one attached hydrogen (secondary N) is 3. The van der Waals surface area contributed by atoms with Crippen LogP contribution in [0.1, 0.15) is 44.1 Å². The number of hydrogen-bond donors (Lipinski definition) is 3. The SMILES string of the molecule is CN=C(NCCC(=O)NC(C)C)NC(C)Cc1c(C)nn(C)c1C. The van der Waals surface area contributed by atoms with Gasteiger partial charge in [0.15, 0.2) is 5.96 Å². The Morgan fingerprint density at radius 2 is 1.92 bits per heavy atom. The van der Waals surface area contributed by atoms with Gasteiger partial charge in [-0.1, -0.05) is 0 Å². The minimum atomic E-state index is 0.0441. The van der Waals surface area contributed by atoms with E-state index in [1.807, 2.05) is 32.5 Å². The third-order valence-corrected chi connectivity index (χ3v) is 3.87. The van der Waals surface area contributed by atoms with E-state index in [9.17, 15) is 4.79 Å². The van der Waals surface area contributed by atoms with E-state index >= 15 is 0 Å². The quantitative estimate of drug-likeness (QED) is 0.513. The van der Waals surface area contributed by atoms with Gasteiger partial charge in [0, 0.05) is 44.8 Å². The Balaban J connectivity index is 2.46. The largest absolute Gasteiger partial charge is 0.356 e. The van der Waals surface area contributed by atoms with Gasteiger partial charge in [0.2, 0.25) is 5.91 Å². The van der Waals surface area contributed by atoms with Gasteiger partial charge in [0.25, 0.3) is 0 Å². The average Bonchev–Trinajstić information content (AvgIpc) is 2.72. The number of aromatic nitrogens is 2. The molecule has 1 aromatic heterocycles. The molecule has 3 N–H and O–H groups in total. The third kappa shape index (κ3) is 6.22. The number of amides is 1. The minimum Gasteiger partial charge on any atom is -0.356 e. The summed E-state index contributed by atoms with van der Waals surface area (Å²) in [6.45, 7) is 10.7. The van der Waals surface area contributed by atoms with Crippen LogP contribution in [-0.2, 0) is 18.3 Å². The van der Waals surface area contributed by atoms with Crippen molar-refractivity contribution in [2.45, 2.75) is 59.5 Å². The molecule has 0 saturated heterocycles. The van der Waals surface area contributed by atoms with Crippen molar-refractivity contribution < 1.29 is 4.79 Å². The molecule has 1 heterocycles. The average molecular weight is 336 g/mol. The number of aryl methyl sites for hydroxylation is 2. The summed E-state index contributed by atoms with van der Waals surface area (Å²) < 4.78 is 1.91. The fourth-order valence-corrected chi connectivity index (χ4v) is 2.59. The maximum atomic E-state index is 11.6. The molecular formula is C17H32N6O. The highest BCUT2D eigenvalue weighted by molar-refractivity contribution is 5.81. The Hall–Kier alpha value is -2.05. The summed E-state index contributed by atoms with van der Waals surface area (Å²) in [5.41, 5.74) is 3.52. The second kappa shape index (κ2) is 9.30. The molecule has 0 fully saturated rings. The van der Waals surface area contributed by atoms with E-state index in [1.54, 1.807) is 7.05 Å². The monoisotopic (exact) mass is 336 g/mol. The lowest BCUT2D eigenvalue weighted by Gasteiger charge is -2.18. The fraction of sp³-hybridized carbons (Fsp3) is 0.706. The van der Waals surface area contributed by atoms with Gasteiger partial charge in [-0.2, -0.15) is 5.10 Å². The Bertz CT molecular complexity index is 576. The molecule has 0 bridgehead atoms. The van der Waals surface area contributed by atoms with Crippen molar-refractivity contribution in [2.24, 2.45) is 12.0 Å². The van der Waals surface area contributed by atoms with Gasteiger partial charge in [-0.3, -0.25) is 14.5 Å². The molecule has 0 saturated carbocycles. The van der Waals surface area contributed by atoms with Crippen molar-refractivity contribution in [1.29, 1.82) is 0 Å². The number of rotatable bonds is 7. The predicted octanol–water partition coefficient (Wildman–Crippen LogP) is 1.05. The van der Waals surface area contributed by atoms with E-state index in [0.717, 1.165) is 12.1 Å². The zero-order valence-corrected chi connectivity index (χ0v) is 16.0. The topological polar surface area (TPSA) is 83.3 Å². The van der Waals surface area contributed by atoms with Crippen LogP contribution in [0, 0.1) is 13.8 Å². The van der Waals surface area contributed by atoms with Crippen LogP contribution in [0.5, 0.6) is 0 Å². The summed E-state index contributed by atoms with van der Waals surface area (Å²) in [6.07, 6.45) is 1.30. The Morgan fingerprint density at radius 1 is 1.25 bits per heavy atom. The first kappa shape index (κ1) is 20.0. The molecule has 0 aliphatic carbocycles.